The van der Waals surface area contributed by atoms with Crippen LogP contribution in [0.4, 0.5) is 0 Å². The van der Waals surface area contributed by atoms with Gasteiger partial charge in [0.2, 0.25) is 17.7 Å². The molecule has 1 heterocycles. The summed E-state index contributed by atoms with van der Waals surface area (Å²) in [4.78, 5) is 59.8. The predicted molar refractivity (Wildman–Crippen MR) is 102 cm³/mol. The maximum absolute atomic E-state index is 12.5. The van der Waals surface area contributed by atoms with Gasteiger partial charge in [0.15, 0.2) is 0 Å². The zero-order chi connectivity index (χ0) is 22.1. The van der Waals surface area contributed by atoms with E-state index in [2.05, 4.69) is 23.3 Å². The first-order valence-electron chi connectivity index (χ1n) is 8.95. The van der Waals surface area contributed by atoms with Crippen molar-refractivity contribution in [1.82, 2.24) is 15.5 Å². The average molecular weight is 434 g/mol. The summed E-state index contributed by atoms with van der Waals surface area (Å²) in [5, 5.41) is 31.9. The van der Waals surface area contributed by atoms with Gasteiger partial charge in [-0.1, -0.05) is 0 Å². The van der Waals surface area contributed by atoms with Crippen LogP contribution in [-0.4, -0.2) is 93.0 Å². The third kappa shape index (κ3) is 7.18. The molecule has 12 nitrogen and oxygen atoms in total. The second-order valence-electron chi connectivity index (χ2n) is 6.55. The molecule has 4 unspecified atom stereocenters. The number of aliphatic hydroxyl groups is 1. The number of hydrogen-bond donors (Lipinski definition) is 7. The van der Waals surface area contributed by atoms with E-state index in [1.165, 1.54) is 0 Å². The van der Waals surface area contributed by atoms with Crippen molar-refractivity contribution in [3.05, 3.63) is 0 Å². The maximum Gasteiger partial charge on any atom is 0.326 e. The molecule has 1 saturated heterocycles. The first-order valence-corrected chi connectivity index (χ1v) is 9.58. The Morgan fingerprint density at radius 3 is 2.24 bits per heavy atom. The molecular formula is C16H26N4O8S. The second kappa shape index (κ2) is 11.6. The quantitative estimate of drug-likeness (QED) is 0.167. The van der Waals surface area contributed by atoms with Crippen molar-refractivity contribution in [2.45, 2.75) is 49.9 Å². The van der Waals surface area contributed by atoms with E-state index in [1.54, 1.807) is 0 Å². The van der Waals surface area contributed by atoms with Crippen molar-refractivity contribution < 1.29 is 39.3 Å². The summed E-state index contributed by atoms with van der Waals surface area (Å²) in [7, 11) is 0. The minimum atomic E-state index is -1.39. The van der Waals surface area contributed by atoms with Crippen LogP contribution in [-0.2, 0) is 24.0 Å². The summed E-state index contributed by atoms with van der Waals surface area (Å²) in [6, 6.07) is -4.77. The first-order chi connectivity index (χ1) is 13.6. The Kier molecular flexibility index (Phi) is 9.85. The van der Waals surface area contributed by atoms with E-state index >= 15 is 0 Å². The van der Waals surface area contributed by atoms with Crippen LogP contribution < -0.4 is 16.4 Å². The standard InChI is InChI=1S/C16H26N4O8S/c17-8(3-4-12(22)23)13(24)19-10(7-29)14(25)18-9(6-21)15(26)20-5-1-2-11(20)16(27)28/h8-11,21,29H,1-7,17H2,(H,18,25)(H,19,24)(H,22,23)(H,27,28). The number of carbonyl (C=O) groups excluding carboxylic acids is 3. The lowest BCUT2D eigenvalue weighted by Crippen LogP contribution is -2.58. The Labute approximate surface area is 172 Å². The number of thiol groups is 1. The van der Waals surface area contributed by atoms with Crippen molar-refractivity contribution >= 4 is 42.3 Å². The van der Waals surface area contributed by atoms with Crippen LogP contribution in [0.25, 0.3) is 0 Å². The number of nitrogens with one attached hydrogen (secondary N) is 2. The number of aliphatic carboxylic acids is 2. The summed E-state index contributed by atoms with van der Waals surface area (Å²) < 4.78 is 0. The number of aliphatic hydroxyl groups excluding tert-OH is 1. The van der Waals surface area contributed by atoms with E-state index in [1.807, 2.05) is 0 Å². The molecule has 3 amide bonds. The molecule has 29 heavy (non-hydrogen) atoms. The fraction of sp³-hybridized carbons (Fsp3) is 0.688. The van der Waals surface area contributed by atoms with E-state index in [0.29, 0.717) is 6.42 Å². The highest BCUT2D eigenvalue weighted by Gasteiger charge is 2.38. The Morgan fingerprint density at radius 1 is 1.10 bits per heavy atom. The number of nitrogens with two attached hydrogens (primary N) is 1. The predicted octanol–water partition coefficient (Wildman–Crippen LogP) is -2.85. The minimum Gasteiger partial charge on any atom is -0.481 e. The van der Waals surface area contributed by atoms with Crippen molar-refractivity contribution in [3.8, 4) is 0 Å². The zero-order valence-corrected chi connectivity index (χ0v) is 16.5. The van der Waals surface area contributed by atoms with E-state index in [4.69, 9.17) is 10.8 Å². The van der Waals surface area contributed by atoms with Gasteiger partial charge in [-0.15, -0.1) is 0 Å². The Bertz CT molecular complexity index is 646. The van der Waals surface area contributed by atoms with Crippen molar-refractivity contribution in [1.29, 1.82) is 0 Å². The fourth-order valence-corrected chi connectivity index (χ4v) is 3.09. The van der Waals surface area contributed by atoms with Gasteiger partial charge in [0.05, 0.1) is 12.6 Å². The van der Waals surface area contributed by atoms with Crippen LogP contribution in [0.2, 0.25) is 0 Å². The molecule has 1 rings (SSSR count). The van der Waals surface area contributed by atoms with Gasteiger partial charge < -0.3 is 36.6 Å². The van der Waals surface area contributed by atoms with Gasteiger partial charge in [0.25, 0.3) is 0 Å². The van der Waals surface area contributed by atoms with Crippen molar-refractivity contribution in [3.63, 3.8) is 0 Å². The molecule has 1 aliphatic rings. The minimum absolute atomic E-state index is 0.134. The zero-order valence-electron chi connectivity index (χ0n) is 15.6. The monoisotopic (exact) mass is 434 g/mol. The van der Waals surface area contributed by atoms with Crippen LogP contribution in [0.15, 0.2) is 0 Å². The van der Waals surface area contributed by atoms with Gasteiger partial charge in [-0.25, -0.2) is 4.79 Å². The lowest BCUT2D eigenvalue weighted by Gasteiger charge is -2.27. The van der Waals surface area contributed by atoms with Gasteiger partial charge in [-0.2, -0.15) is 12.6 Å². The van der Waals surface area contributed by atoms with Crippen molar-refractivity contribution in [2.24, 2.45) is 5.73 Å². The number of nitrogens with zero attached hydrogens (tertiary/aromatic N) is 1. The van der Waals surface area contributed by atoms with Crippen LogP contribution in [0.3, 0.4) is 0 Å². The van der Waals surface area contributed by atoms with E-state index in [9.17, 15) is 34.2 Å². The molecule has 4 atom stereocenters. The van der Waals surface area contributed by atoms with Crippen LogP contribution in [0.5, 0.6) is 0 Å². The third-order valence-electron chi connectivity index (χ3n) is 4.44. The molecule has 0 aromatic rings. The first kappa shape index (κ1) is 24.7. The molecule has 0 spiro atoms. The summed E-state index contributed by atoms with van der Waals surface area (Å²) in [6.07, 6.45) is 0.300. The number of rotatable bonds is 11. The Morgan fingerprint density at radius 2 is 1.72 bits per heavy atom. The van der Waals surface area contributed by atoms with Gasteiger partial charge in [0.1, 0.15) is 18.1 Å². The highest BCUT2D eigenvalue weighted by molar-refractivity contribution is 7.80. The lowest BCUT2D eigenvalue weighted by molar-refractivity contribution is -0.150. The average Bonchev–Trinajstić information content (AvgIpc) is 3.17. The number of carboxylic acids is 2. The summed E-state index contributed by atoms with van der Waals surface area (Å²) in [5.41, 5.74) is 5.58. The molecule has 164 valence electrons. The molecule has 1 fully saturated rings. The molecule has 0 aromatic carbocycles. The van der Waals surface area contributed by atoms with Crippen molar-refractivity contribution in [2.75, 3.05) is 18.9 Å². The molecule has 0 saturated carbocycles. The summed E-state index contributed by atoms with van der Waals surface area (Å²) in [6.45, 7) is -0.577. The van der Waals surface area contributed by atoms with Gasteiger partial charge in [-0.3, -0.25) is 19.2 Å². The molecule has 0 aromatic heterocycles. The largest absolute Gasteiger partial charge is 0.481 e. The molecular weight excluding hydrogens is 408 g/mol. The maximum atomic E-state index is 12.5. The van der Waals surface area contributed by atoms with Gasteiger partial charge >= 0.3 is 11.9 Å². The third-order valence-corrected chi connectivity index (χ3v) is 4.80. The SMILES string of the molecule is NC(CCC(=O)O)C(=O)NC(CS)C(=O)NC(CO)C(=O)N1CCCC1C(=O)O. The Hall–Kier alpha value is -2.38. The highest BCUT2D eigenvalue weighted by Crippen LogP contribution is 2.18. The summed E-state index contributed by atoms with van der Waals surface area (Å²) >= 11 is 3.97. The molecule has 13 heteroatoms. The second-order valence-corrected chi connectivity index (χ2v) is 6.92. The van der Waals surface area contributed by atoms with E-state index < -0.39 is 60.4 Å². The van der Waals surface area contributed by atoms with Gasteiger partial charge in [0, 0.05) is 18.7 Å². The molecule has 0 radical (unpaired) electrons. The number of carbonyl (C=O) groups is 5. The summed E-state index contributed by atoms with van der Waals surface area (Å²) in [5.74, 6) is -4.78. The Balaban J connectivity index is 2.71. The molecule has 0 aliphatic carbocycles. The van der Waals surface area contributed by atoms with Gasteiger partial charge in [-0.05, 0) is 19.3 Å². The van der Waals surface area contributed by atoms with Crippen LogP contribution >= 0.6 is 12.6 Å². The molecule has 0 bridgehead atoms. The number of likely N-dealkylation sites (tertiary alicyclic amines) is 1. The number of amides is 3. The normalized spacial score (nSPS) is 19.1. The van der Waals surface area contributed by atoms with E-state index in [-0.39, 0.29) is 31.6 Å². The van der Waals surface area contributed by atoms with Crippen LogP contribution in [0.1, 0.15) is 25.7 Å². The molecule has 7 N–H and O–H groups in total. The highest BCUT2D eigenvalue weighted by atomic mass is 32.1. The van der Waals surface area contributed by atoms with E-state index in [0.717, 1.165) is 4.90 Å². The number of carboxylic acid groups (broad SMARTS) is 2. The topological polar surface area (TPSA) is 199 Å². The molecule has 1 aliphatic heterocycles. The lowest BCUT2D eigenvalue weighted by atomic mass is 10.1. The fourth-order valence-electron chi connectivity index (χ4n) is 2.83. The van der Waals surface area contributed by atoms with Crippen LogP contribution in [0, 0.1) is 0 Å². The number of hydrogen-bond acceptors (Lipinski definition) is 8. The smallest absolute Gasteiger partial charge is 0.326 e.